The minimum absolute atomic E-state index is 0.403. The van der Waals surface area contributed by atoms with Crippen LogP contribution in [0.5, 0.6) is 0 Å². The van der Waals surface area contributed by atoms with Gasteiger partial charge in [0.05, 0.1) is 0 Å². The Labute approximate surface area is 94.0 Å². The van der Waals surface area contributed by atoms with Crippen LogP contribution in [0.15, 0.2) is 22.7 Å². The van der Waals surface area contributed by atoms with Gasteiger partial charge < -0.3 is 5.32 Å². The number of hydrogen-bond donors (Lipinski definition) is 1. The van der Waals surface area contributed by atoms with Crippen LogP contribution < -0.4 is 5.32 Å². The van der Waals surface area contributed by atoms with Crippen molar-refractivity contribution in [1.82, 2.24) is 5.32 Å². The van der Waals surface area contributed by atoms with Crippen molar-refractivity contribution in [3.63, 3.8) is 0 Å². The second-order valence-electron chi connectivity index (χ2n) is 4.81. The lowest BCUT2D eigenvalue weighted by molar-refractivity contribution is 0.128. The van der Waals surface area contributed by atoms with Crippen LogP contribution in [0.4, 0.5) is 0 Å². The van der Waals surface area contributed by atoms with Crippen molar-refractivity contribution < 1.29 is 0 Å². The van der Waals surface area contributed by atoms with Gasteiger partial charge in [-0.3, -0.25) is 0 Å². The van der Waals surface area contributed by atoms with Gasteiger partial charge in [-0.1, -0.05) is 41.9 Å². The lowest BCUT2D eigenvalue weighted by Gasteiger charge is -2.46. The largest absolute Gasteiger partial charge is 0.309 e. The standard InChI is InChI=1S/C12H16BrN/c1-8-6-9(4-5-10(8)13)11-12(2,3)7-14-11/h4-6,11,14H,7H2,1-3H3. The number of halogens is 1. The van der Waals surface area contributed by atoms with Crippen molar-refractivity contribution in [3.8, 4) is 0 Å². The van der Waals surface area contributed by atoms with Crippen LogP contribution >= 0.6 is 15.9 Å². The van der Waals surface area contributed by atoms with Gasteiger partial charge in [0.2, 0.25) is 0 Å². The number of aryl methyl sites for hydroxylation is 1. The van der Waals surface area contributed by atoms with Crippen molar-refractivity contribution in [2.75, 3.05) is 6.54 Å². The van der Waals surface area contributed by atoms with Crippen molar-refractivity contribution >= 4 is 15.9 Å². The molecule has 1 nitrogen and oxygen atoms in total. The van der Waals surface area contributed by atoms with Gasteiger partial charge in [0.25, 0.3) is 0 Å². The SMILES string of the molecule is Cc1cc(C2NCC2(C)C)ccc1Br. The third-order valence-corrected chi connectivity index (χ3v) is 3.95. The molecule has 14 heavy (non-hydrogen) atoms. The lowest BCUT2D eigenvalue weighted by Crippen LogP contribution is -2.52. The smallest absolute Gasteiger partial charge is 0.0384 e. The molecule has 2 heteroatoms. The van der Waals surface area contributed by atoms with E-state index in [4.69, 9.17) is 0 Å². The van der Waals surface area contributed by atoms with Gasteiger partial charge in [-0.15, -0.1) is 0 Å². The van der Waals surface area contributed by atoms with Gasteiger partial charge in [0.1, 0.15) is 0 Å². The van der Waals surface area contributed by atoms with Crippen molar-refractivity contribution in [2.45, 2.75) is 26.8 Å². The molecule has 1 atom stereocenters. The molecule has 0 aliphatic carbocycles. The average Bonchev–Trinajstić information content (AvgIpc) is 2.10. The topological polar surface area (TPSA) is 12.0 Å². The van der Waals surface area contributed by atoms with Gasteiger partial charge in [-0.25, -0.2) is 0 Å². The predicted octanol–water partition coefficient (Wildman–Crippen LogP) is 3.43. The second kappa shape index (κ2) is 3.35. The fraction of sp³-hybridized carbons (Fsp3) is 0.500. The highest BCUT2D eigenvalue weighted by Gasteiger charge is 2.38. The van der Waals surface area contributed by atoms with E-state index in [1.165, 1.54) is 15.6 Å². The Morgan fingerprint density at radius 3 is 2.57 bits per heavy atom. The molecule has 0 radical (unpaired) electrons. The molecule has 0 bridgehead atoms. The molecule has 2 rings (SSSR count). The van der Waals surface area contributed by atoms with Crippen LogP contribution in [0, 0.1) is 12.3 Å². The number of rotatable bonds is 1. The first-order valence-corrected chi connectivity index (χ1v) is 5.79. The maximum atomic E-state index is 3.53. The van der Waals surface area contributed by atoms with Crippen molar-refractivity contribution in [2.24, 2.45) is 5.41 Å². The van der Waals surface area contributed by atoms with E-state index < -0.39 is 0 Å². The summed E-state index contributed by atoms with van der Waals surface area (Å²) in [6, 6.07) is 7.13. The molecule has 1 unspecified atom stereocenters. The highest BCUT2D eigenvalue weighted by molar-refractivity contribution is 9.10. The molecule has 1 aromatic carbocycles. The summed E-state index contributed by atoms with van der Waals surface area (Å²) in [7, 11) is 0. The summed E-state index contributed by atoms with van der Waals surface area (Å²) in [5, 5.41) is 3.48. The normalized spacial score (nSPS) is 24.4. The summed E-state index contributed by atoms with van der Waals surface area (Å²) in [4.78, 5) is 0. The summed E-state index contributed by atoms with van der Waals surface area (Å²) in [6.07, 6.45) is 0. The van der Waals surface area contributed by atoms with Crippen molar-refractivity contribution in [3.05, 3.63) is 33.8 Å². The van der Waals surface area contributed by atoms with E-state index in [9.17, 15) is 0 Å². The predicted molar refractivity (Wildman–Crippen MR) is 63.4 cm³/mol. The first kappa shape index (κ1) is 10.2. The van der Waals surface area contributed by atoms with E-state index in [1.807, 2.05) is 0 Å². The molecule has 1 N–H and O–H groups in total. The Hall–Kier alpha value is -0.340. The molecule has 1 saturated heterocycles. The number of nitrogens with one attached hydrogen (secondary N) is 1. The van der Waals surface area contributed by atoms with Crippen LogP contribution in [0.25, 0.3) is 0 Å². The highest BCUT2D eigenvalue weighted by atomic mass is 79.9. The van der Waals surface area contributed by atoms with E-state index >= 15 is 0 Å². The van der Waals surface area contributed by atoms with Crippen LogP contribution in [-0.4, -0.2) is 6.54 Å². The molecule has 0 saturated carbocycles. The minimum Gasteiger partial charge on any atom is -0.309 e. The monoisotopic (exact) mass is 253 g/mol. The van der Waals surface area contributed by atoms with E-state index in [2.05, 4.69) is 60.2 Å². The molecular formula is C12H16BrN. The van der Waals surface area contributed by atoms with Gasteiger partial charge in [0.15, 0.2) is 0 Å². The Morgan fingerprint density at radius 1 is 1.43 bits per heavy atom. The fourth-order valence-corrected chi connectivity index (χ4v) is 2.28. The molecule has 76 valence electrons. The third-order valence-electron chi connectivity index (χ3n) is 3.06. The fourth-order valence-electron chi connectivity index (χ4n) is 2.03. The third kappa shape index (κ3) is 1.61. The first-order chi connectivity index (χ1) is 6.50. The molecule has 0 aromatic heterocycles. The Bertz CT molecular complexity index is 357. The van der Waals surface area contributed by atoms with Gasteiger partial charge in [0, 0.05) is 17.1 Å². The highest BCUT2D eigenvalue weighted by Crippen LogP contribution is 2.40. The summed E-state index contributed by atoms with van der Waals surface area (Å²) >= 11 is 3.53. The van der Waals surface area contributed by atoms with Crippen LogP contribution in [0.2, 0.25) is 0 Å². The summed E-state index contributed by atoms with van der Waals surface area (Å²) < 4.78 is 1.19. The van der Waals surface area contributed by atoms with Gasteiger partial charge in [-0.05, 0) is 29.5 Å². The molecule has 1 aromatic rings. The maximum Gasteiger partial charge on any atom is 0.0384 e. The molecule has 0 amide bonds. The van der Waals surface area contributed by atoms with E-state index in [-0.39, 0.29) is 0 Å². The average molecular weight is 254 g/mol. The summed E-state index contributed by atoms with van der Waals surface area (Å²) in [5.41, 5.74) is 3.12. The molecule has 1 aliphatic rings. The zero-order valence-electron chi connectivity index (χ0n) is 8.89. The Kier molecular flexibility index (Phi) is 2.44. The van der Waals surface area contributed by atoms with E-state index in [0.29, 0.717) is 11.5 Å². The van der Waals surface area contributed by atoms with E-state index in [1.54, 1.807) is 0 Å². The Morgan fingerprint density at radius 2 is 2.14 bits per heavy atom. The van der Waals surface area contributed by atoms with Crippen LogP contribution in [0.1, 0.15) is 31.0 Å². The minimum atomic E-state index is 0.403. The molecule has 0 spiro atoms. The number of hydrogen-bond acceptors (Lipinski definition) is 1. The molecule has 1 fully saturated rings. The van der Waals surface area contributed by atoms with Crippen LogP contribution in [0.3, 0.4) is 0 Å². The van der Waals surface area contributed by atoms with Gasteiger partial charge in [-0.2, -0.15) is 0 Å². The van der Waals surface area contributed by atoms with E-state index in [0.717, 1.165) is 6.54 Å². The maximum absolute atomic E-state index is 3.53. The Balaban J connectivity index is 2.30. The number of benzene rings is 1. The molecule has 1 heterocycles. The first-order valence-electron chi connectivity index (χ1n) is 5.00. The zero-order valence-corrected chi connectivity index (χ0v) is 10.5. The molecular weight excluding hydrogens is 238 g/mol. The van der Waals surface area contributed by atoms with Crippen molar-refractivity contribution in [1.29, 1.82) is 0 Å². The lowest BCUT2D eigenvalue weighted by atomic mass is 9.74. The van der Waals surface area contributed by atoms with Crippen LogP contribution in [-0.2, 0) is 0 Å². The summed E-state index contributed by atoms with van der Waals surface area (Å²) in [6.45, 7) is 7.88. The second-order valence-corrected chi connectivity index (χ2v) is 5.67. The quantitative estimate of drug-likeness (QED) is 0.809. The van der Waals surface area contributed by atoms with Gasteiger partial charge >= 0.3 is 0 Å². The molecule has 1 aliphatic heterocycles. The summed E-state index contributed by atoms with van der Waals surface area (Å²) in [5.74, 6) is 0. The zero-order chi connectivity index (χ0) is 10.3.